The van der Waals surface area contributed by atoms with Gasteiger partial charge in [0.15, 0.2) is 0 Å². The molecule has 0 aliphatic rings. The summed E-state index contributed by atoms with van der Waals surface area (Å²) < 4.78 is 39.6. The standard InChI is InChI=1S/C12H18FNO4S/c1-19(16,17)7-6-14-8-11(15)9-18-12-4-2-10(13)3-5-12/h2-5,11,14-15H,6-9H2,1H3. The van der Waals surface area contributed by atoms with Gasteiger partial charge in [0, 0.05) is 19.3 Å². The molecule has 2 N–H and O–H groups in total. The van der Waals surface area contributed by atoms with Crippen LogP contribution in [0.3, 0.4) is 0 Å². The lowest BCUT2D eigenvalue weighted by Gasteiger charge is -2.13. The molecule has 0 radical (unpaired) electrons. The average Bonchev–Trinajstić information content (AvgIpc) is 2.33. The topological polar surface area (TPSA) is 75.6 Å². The van der Waals surface area contributed by atoms with Crippen LogP contribution in [0.25, 0.3) is 0 Å². The van der Waals surface area contributed by atoms with Gasteiger partial charge in [-0.3, -0.25) is 0 Å². The second kappa shape index (κ2) is 7.42. The fraction of sp³-hybridized carbons (Fsp3) is 0.500. The Kier molecular flexibility index (Phi) is 6.20. The summed E-state index contributed by atoms with van der Waals surface area (Å²) in [6.45, 7) is 0.570. The van der Waals surface area contributed by atoms with Gasteiger partial charge in [-0.15, -0.1) is 0 Å². The first kappa shape index (κ1) is 15.9. The fourth-order valence-corrected chi connectivity index (χ4v) is 1.82. The predicted molar refractivity (Wildman–Crippen MR) is 70.5 cm³/mol. The Morgan fingerprint density at radius 3 is 2.58 bits per heavy atom. The second-order valence-electron chi connectivity index (χ2n) is 4.25. The van der Waals surface area contributed by atoms with E-state index in [1.165, 1.54) is 24.3 Å². The molecule has 0 aromatic heterocycles. The summed E-state index contributed by atoms with van der Waals surface area (Å²) in [5.74, 6) is 0.144. The molecule has 0 spiro atoms. The van der Waals surface area contributed by atoms with Gasteiger partial charge in [-0.2, -0.15) is 0 Å². The summed E-state index contributed by atoms with van der Waals surface area (Å²) >= 11 is 0. The van der Waals surface area contributed by atoms with Crippen molar-refractivity contribution in [2.24, 2.45) is 0 Å². The molecule has 5 nitrogen and oxygen atoms in total. The number of sulfone groups is 1. The summed E-state index contributed by atoms with van der Waals surface area (Å²) in [6, 6.07) is 5.48. The zero-order valence-electron chi connectivity index (χ0n) is 10.7. The highest BCUT2D eigenvalue weighted by molar-refractivity contribution is 7.90. The maximum Gasteiger partial charge on any atom is 0.148 e. The van der Waals surface area contributed by atoms with Crippen molar-refractivity contribution >= 4 is 9.84 Å². The number of hydrogen-bond donors (Lipinski definition) is 2. The van der Waals surface area contributed by atoms with Gasteiger partial charge >= 0.3 is 0 Å². The van der Waals surface area contributed by atoms with Crippen LogP contribution in [0.5, 0.6) is 5.75 Å². The van der Waals surface area contributed by atoms with Crippen molar-refractivity contribution in [3.8, 4) is 5.75 Å². The number of benzene rings is 1. The zero-order chi connectivity index (χ0) is 14.3. The quantitative estimate of drug-likeness (QED) is 0.669. The maximum absolute atomic E-state index is 12.6. The Labute approximate surface area is 112 Å². The van der Waals surface area contributed by atoms with E-state index in [4.69, 9.17) is 4.74 Å². The highest BCUT2D eigenvalue weighted by atomic mass is 32.2. The van der Waals surface area contributed by atoms with Crippen molar-refractivity contribution in [3.05, 3.63) is 30.1 Å². The third-order valence-corrected chi connectivity index (χ3v) is 3.23. The van der Waals surface area contributed by atoms with E-state index in [-0.39, 0.29) is 31.3 Å². The Hall–Kier alpha value is -1.18. The van der Waals surface area contributed by atoms with Crippen LogP contribution in [0.4, 0.5) is 4.39 Å². The number of ether oxygens (including phenoxy) is 1. The zero-order valence-corrected chi connectivity index (χ0v) is 11.5. The Morgan fingerprint density at radius 2 is 2.00 bits per heavy atom. The number of aliphatic hydroxyl groups is 1. The Bertz CT molecular complexity index is 475. The molecule has 0 amide bonds. The van der Waals surface area contributed by atoms with Crippen molar-refractivity contribution in [2.75, 3.05) is 31.7 Å². The first-order chi connectivity index (χ1) is 8.87. The maximum atomic E-state index is 12.6. The van der Waals surface area contributed by atoms with Crippen LogP contribution in [-0.4, -0.2) is 51.3 Å². The average molecular weight is 291 g/mol. The predicted octanol–water partition coefficient (Wildman–Crippen LogP) is 0.200. The molecule has 19 heavy (non-hydrogen) atoms. The van der Waals surface area contributed by atoms with E-state index < -0.39 is 15.9 Å². The first-order valence-corrected chi connectivity index (χ1v) is 7.88. The summed E-state index contributed by atoms with van der Waals surface area (Å²) in [5, 5.41) is 12.4. The van der Waals surface area contributed by atoms with Gasteiger partial charge in [-0.1, -0.05) is 0 Å². The SMILES string of the molecule is CS(=O)(=O)CCNCC(O)COc1ccc(F)cc1. The molecule has 1 atom stereocenters. The molecule has 1 unspecified atom stereocenters. The minimum atomic E-state index is -2.99. The van der Waals surface area contributed by atoms with Crippen molar-refractivity contribution < 1.29 is 22.7 Å². The lowest BCUT2D eigenvalue weighted by atomic mass is 10.3. The number of hydrogen-bond acceptors (Lipinski definition) is 5. The van der Waals surface area contributed by atoms with Gasteiger partial charge in [0.05, 0.1) is 5.75 Å². The van der Waals surface area contributed by atoms with Crippen molar-refractivity contribution in [3.63, 3.8) is 0 Å². The van der Waals surface area contributed by atoms with E-state index in [0.717, 1.165) is 6.26 Å². The molecule has 7 heteroatoms. The van der Waals surface area contributed by atoms with Crippen molar-refractivity contribution in [2.45, 2.75) is 6.10 Å². The summed E-state index contributed by atoms with van der Waals surface area (Å²) in [5.41, 5.74) is 0. The second-order valence-corrected chi connectivity index (χ2v) is 6.51. The number of halogens is 1. The molecule has 1 aromatic carbocycles. The van der Waals surface area contributed by atoms with E-state index in [9.17, 15) is 17.9 Å². The summed E-state index contributed by atoms with van der Waals surface area (Å²) in [4.78, 5) is 0. The monoisotopic (exact) mass is 291 g/mol. The molecule has 0 saturated carbocycles. The molecule has 0 saturated heterocycles. The molecule has 0 fully saturated rings. The van der Waals surface area contributed by atoms with E-state index in [2.05, 4.69) is 5.32 Å². The Morgan fingerprint density at radius 1 is 1.37 bits per heavy atom. The van der Waals surface area contributed by atoms with Crippen LogP contribution in [-0.2, 0) is 9.84 Å². The highest BCUT2D eigenvalue weighted by Gasteiger charge is 2.06. The van der Waals surface area contributed by atoms with Crippen LogP contribution in [0, 0.1) is 5.82 Å². The van der Waals surface area contributed by atoms with Gasteiger partial charge < -0.3 is 15.2 Å². The minimum absolute atomic E-state index is 0.0263. The molecular formula is C12H18FNO4S. The lowest BCUT2D eigenvalue weighted by molar-refractivity contribution is 0.107. The normalized spacial score (nSPS) is 13.2. The number of nitrogens with one attached hydrogen (secondary N) is 1. The molecule has 0 heterocycles. The van der Waals surface area contributed by atoms with Gasteiger partial charge in [0.25, 0.3) is 0 Å². The van der Waals surface area contributed by atoms with Crippen LogP contribution in [0.15, 0.2) is 24.3 Å². The summed E-state index contributed by atoms with van der Waals surface area (Å²) in [6.07, 6.45) is 0.396. The fourth-order valence-electron chi connectivity index (χ4n) is 1.31. The number of rotatable bonds is 8. The minimum Gasteiger partial charge on any atom is -0.491 e. The van der Waals surface area contributed by atoms with Gasteiger partial charge in [0.2, 0.25) is 0 Å². The molecule has 1 aromatic rings. The van der Waals surface area contributed by atoms with Crippen LogP contribution >= 0.6 is 0 Å². The van der Waals surface area contributed by atoms with Crippen LogP contribution < -0.4 is 10.1 Å². The van der Waals surface area contributed by atoms with Gasteiger partial charge in [0.1, 0.15) is 34.1 Å². The largest absolute Gasteiger partial charge is 0.491 e. The van der Waals surface area contributed by atoms with Crippen molar-refractivity contribution in [1.82, 2.24) is 5.32 Å². The molecule has 0 aliphatic carbocycles. The van der Waals surface area contributed by atoms with Gasteiger partial charge in [-0.05, 0) is 24.3 Å². The van der Waals surface area contributed by atoms with Crippen LogP contribution in [0.2, 0.25) is 0 Å². The Balaban J connectivity index is 2.17. The molecule has 1 rings (SSSR count). The lowest BCUT2D eigenvalue weighted by Crippen LogP contribution is -2.34. The molecule has 0 bridgehead atoms. The number of aliphatic hydroxyl groups excluding tert-OH is 1. The van der Waals surface area contributed by atoms with E-state index in [1.807, 2.05) is 0 Å². The molecule has 0 aliphatic heterocycles. The van der Waals surface area contributed by atoms with E-state index in [0.29, 0.717) is 5.75 Å². The van der Waals surface area contributed by atoms with E-state index in [1.54, 1.807) is 0 Å². The third-order valence-electron chi connectivity index (χ3n) is 2.29. The first-order valence-electron chi connectivity index (χ1n) is 5.82. The smallest absolute Gasteiger partial charge is 0.148 e. The van der Waals surface area contributed by atoms with E-state index >= 15 is 0 Å². The van der Waals surface area contributed by atoms with Gasteiger partial charge in [-0.25, -0.2) is 12.8 Å². The molecular weight excluding hydrogens is 273 g/mol. The third kappa shape index (κ3) is 7.76. The molecule has 108 valence electrons. The highest BCUT2D eigenvalue weighted by Crippen LogP contribution is 2.10. The summed E-state index contributed by atoms with van der Waals surface area (Å²) in [7, 11) is -2.99. The van der Waals surface area contributed by atoms with Crippen molar-refractivity contribution in [1.29, 1.82) is 0 Å². The van der Waals surface area contributed by atoms with Crippen LogP contribution in [0.1, 0.15) is 0 Å².